The zero-order valence-electron chi connectivity index (χ0n) is 15.7. The molecule has 0 saturated carbocycles. The average Bonchev–Trinajstić information content (AvgIpc) is 2.37. The van der Waals surface area contributed by atoms with E-state index >= 15 is 0 Å². The molecule has 0 aromatic carbocycles. The molecule has 1 atom stereocenters. The maximum Gasteiger partial charge on any atom is 0.410 e. The van der Waals surface area contributed by atoms with Gasteiger partial charge in [-0.2, -0.15) is 0 Å². The first-order valence-corrected chi connectivity index (χ1v) is 8.17. The Morgan fingerprint density at radius 1 is 1.12 bits per heavy atom. The molecule has 142 valence electrons. The number of aliphatic hydroxyl groups excluding tert-OH is 1. The fourth-order valence-corrected chi connectivity index (χ4v) is 1.69. The van der Waals surface area contributed by atoms with Crippen LogP contribution in [0.1, 0.15) is 48.0 Å². The van der Waals surface area contributed by atoms with Gasteiger partial charge in [0.1, 0.15) is 11.2 Å². The Balaban J connectivity index is 4.41. The van der Waals surface area contributed by atoms with E-state index in [1.165, 1.54) is 4.90 Å². The normalized spacial score (nSPS) is 13.2. The molecule has 0 fully saturated rings. The van der Waals surface area contributed by atoms with E-state index < -0.39 is 29.5 Å². The highest BCUT2D eigenvalue weighted by Crippen LogP contribution is 2.11. The number of carbonyl (C=O) groups is 2. The lowest BCUT2D eigenvalue weighted by Gasteiger charge is -2.28. The van der Waals surface area contributed by atoms with Crippen LogP contribution in [0.2, 0.25) is 0 Å². The molecule has 0 saturated heterocycles. The number of ether oxygens (including phenoxy) is 2. The summed E-state index contributed by atoms with van der Waals surface area (Å²) in [6.45, 7) is 11.5. The Bertz CT molecular complexity index is 401. The number of aliphatic hydroxyl groups is 1. The van der Waals surface area contributed by atoms with E-state index in [0.717, 1.165) is 0 Å². The van der Waals surface area contributed by atoms with E-state index in [4.69, 9.17) is 15.2 Å². The summed E-state index contributed by atoms with van der Waals surface area (Å²) in [7, 11) is 0. The predicted octanol–water partition coefficient (Wildman–Crippen LogP) is 1.46. The van der Waals surface area contributed by atoms with Gasteiger partial charge in [0, 0.05) is 19.6 Å². The van der Waals surface area contributed by atoms with Crippen molar-refractivity contribution in [2.24, 2.45) is 5.73 Å². The van der Waals surface area contributed by atoms with Crippen molar-refractivity contribution in [2.45, 2.75) is 65.3 Å². The highest BCUT2D eigenvalue weighted by atomic mass is 16.6. The zero-order valence-corrected chi connectivity index (χ0v) is 15.7. The van der Waals surface area contributed by atoms with Crippen LogP contribution in [0.4, 0.5) is 9.59 Å². The first-order valence-electron chi connectivity index (χ1n) is 8.17. The number of rotatable bonds is 7. The molecule has 2 amide bonds. The second-order valence-corrected chi connectivity index (χ2v) is 7.60. The van der Waals surface area contributed by atoms with Gasteiger partial charge in [0.05, 0.1) is 12.6 Å². The fourth-order valence-electron chi connectivity index (χ4n) is 1.69. The van der Waals surface area contributed by atoms with Crippen molar-refractivity contribution in [3.05, 3.63) is 0 Å². The second kappa shape index (κ2) is 9.68. The molecule has 8 nitrogen and oxygen atoms in total. The van der Waals surface area contributed by atoms with Crippen molar-refractivity contribution in [3.8, 4) is 0 Å². The number of nitrogens with zero attached hydrogens (tertiary/aromatic N) is 1. The zero-order chi connectivity index (χ0) is 19.0. The SMILES string of the molecule is CC(C)(C)OC(=O)NCCCN(CC(O)CN)C(=O)OC(C)(C)C. The Morgan fingerprint density at radius 3 is 2.12 bits per heavy atom. The van der Waals surface area contributed by atoms with Crippen molar-refractivity contribution in [1.29, 1.82) is 0 Å². The maximum absolute atomic E-state index is 12.2. The van der Waals surface area contributed by atoms with Gasteiger partial charge in [-0.1, -0.05) is 0 Å². The number of carbonyl (C=O) groups excluding carboxylic acids is 2. The highest BCUT2D eigenvalue weighted by molar-refractivity contribution is 5.68. The molecule has 0 rings (SSSR count). The summed E-state index contributed by atoms with van der Waals surface area (Å²) in [5.41, 5.74) is 4.21. The van der Waals surface area contributed by atoms with Gasteiger partial charge in [0.2, 0.25) is 0 Å². The van der Waals surface area contributed by atoms with Gasteiger partial charge in [0.25, 0.3) is 0 Å². The molecule has 0 radical (unpaired) electrons. The third kappa shape index (κ3) is 12.0. The Hall–Kier alpha value is -1.54. The third-order valence-corrected chi connectivity index (χ3v) is 2.63. The molecule has 0 aromatic rings. The minimum atomic E-state index is -0.823. The quantitative estimate of drug-likeness (QED) is 0.601. The molecule has 0 aliphatic rings. The lowest BCUT2D eigenvalue weighted by molar-refractivity contribution is 0.0152. The summed E-state index contributed by atoms with van der Waals surface area (Å²) >= 11 is 0. The summed E-state index contributed by atoms with van der Waals surface area (Å²) < 4.78 is 10.4. The van der Waals surface area contributed by atoms with E-state index in [0.29, 0.717) is 19.5 Å². The Labute approximate surface area is 144 Å². The topological polar surface area (TPSA) is 114 Å². The third-order valence-electron chi connectivity index (χ3n) is 2.63. The smallest absolute Gasteiger partial charge is 0.410 e. The molecular weight excluding hydrogens is 314 g/mol. The summed E-state index contributed by atoms with van der Waals surface area (Å²) in [5, 5.41) is 12.3. The van der Waals surface area contributed by atoms with E-state index in [-0.39, 0.29) is 13.1 Å². The van der Waals surface area contributed by atoms with Crippen LogP contribution < -0.4 is 11.1 Å². The maximum atomic E-state index is 12.2. The summed E-state index contributed by atoms with van der Waals surface area (Å²) in [6.07, 6.45) is -1.35. The highest BCUT2D eigenvalue weighted by Gasteiger charge is 2.23. The van der Waals surface area contributed by atoms with Crippen LogP contribution in [-0.4, -0.2) is 65.7 Å². The largest absolute Gasteiger partial charge is 0.444 e. The Morgan fingerprint density at radius 2 is 1.67 bits per heavy atom. The van der Waals surface area contributed by atoms with E-state index in [2.05, 4.69) is 5.32 Å². The van der Waals surface area contributed by atoms with Crippen LogP contribution in [0, 0.1) is 0 Å². The van der Waals surface area contributed by atoms with Gasteiger partial charge in [-0.15, -0.1) is 0 Å². The Kier molecular flexibility index (Phi) is 9.06. The van der Waals surface area contributed by atoms with Crippen molar-refractivity contribution < 1.29 is 24.2 Å². The van der Waals surface area contributed by atoms with Gasteiger partial charge < -0.3 is 30.5 Å². The molecule has 0 aliphatic carbocycles. The van der Waals surface area contributed by atoms with Gasteiger partial charge in [-0.05, 0) is 48.0 Å². The second-order valence-electron chi connectivity index (χ2n) is 7.60. The fraction of sp³-hybridized carbons (Fsp3) is 0.875. The lowest BCUT2D eigenvalue weighted by atomic mass is 10.2. The molecule has 0 aliphatic heterocycles. The standard InChI is InChI=1S/C16H33N3O5/c1-15(2,3)23-13(21)18-8-7-9-19(11-12(20)10-17)14(22)24-16(4,5)6/h12,20H,7-11,17H2,1-6H3,(H,18,21). The van der Waals surface area contributed by atoms with E-state index in [1.54, 1.807) is 41.5 Å². The van der Waals surface area contributed by atoms with Crippen molar-refractivity contribution in [3.63, 3.8) is 0 Å². The van der Waals surface area contributed by atoms with Crippen LogP contribution in [0.3, 0.4) is 0 Å². The monoisotopic (exact) mass is 347 g/mol. The number of amides is 2. The van der Waals surface area contributed by atoms with E-state index in [1.807, 2.05) is 0 Å². The van der Waals surface area contributed by atoms with Crippen molar-refractivity contribution in [2.75, 3.05) is 26.2 Å². The molecule has 8 heteroatoms. The molecule has 4 N–H and O–H groups in total. The molecular formula is C16H33N3O5. The van der Waals surface area contributed by atoms with Crippen LogP contribution in [0.25, 0.3) is 0 Å². The minimum absolute atomic E-state index is 0.0510. The first kappa shape index (κ1) is 22.5. The summed E-state index contributed by atoms with van der Waals surface area (Å²) in [5.74, 6) is 0. The van der Waals surface area contributed by atoms with Gasteiger partial charge in [-0.3, -0.25) is 0 Å². The van der Waals surface area contributed by atoms with Crippen LogP contribution in [0.15, 0.2) is 0 Å². The molecule has 0 heterocycles. The number of nitrogens with one attached hydrogen (secondary N) is 1. The molecule has 1 unspecified atom stereocenters. The summed E-state index contributed by atoms with van der Waals surface area (Å²) in [4.78, 5) is 25.1. The van der Waals surface area contributed by atoms with Gasteiger partial charge in [0.15, 0.2) is 0 Å². The number of alkyl carbamates (subject to hydrolysis) is 1. The summed E-state index contributed by atoms with van der Waals surface area (Å²) in [6, 6.07) is 0. The van der Waals surface area contributed by atoms with Crippen molar-refractivity contribution >= 4 is 12.2 Å². The van der Waals surface area contributed by atoms with Crippen LogP contribution in [0.5, 0.6) is 0 Å². The minimum Gasteiger partial charge on any atom is -0.444 e. The van der Waals surface area contributed by atoms with Crippen LogP contribution in [-0.2, 0) is 9.47 Å². The van der Waals surface area contributed by atoms with Crippen LogP contribution >= 0.6 is 0 Å². The number of hydrogen-bond acceptors (Lipinski definition) is 6. The first-order chi connectivity index (χ1) is 10.8. The molecule has 0 spiro atoms. The van der Waals surface area contributed by atoms with Crippen molar-refractivity contribution in [1.82, 2.24) is 10.2 Å². The van der Waals surface area contributed by atoms with Gasteiger partial charge >= 0.3 is 12.2 Å². The molecule has 0 bridgehead atoms. The lowest BCUT2D eigenvalue weighted by Crippen LogP contribution is -2.44. The average molecular weight is 347 g/mol. The molecule has 24 heavy (non-hydrogen) atoms. The number of hydrogen-bond donors (Lipinski definition) is 3. The number of nitrogens with two attached hydrogens (primary N) is 1. The molecule has 0 aromatic heterocycles. The van der Waals surface area contributed by atoms with E-state index in [9.17, 15) is 14.7 Å². The van der Waals surface area contributed by atoms with Gasteiger partial charge in [-0.25, -0.2) is 9.59 Å². The predicted molar refractivity (Wildman–Crippen MR) is 91.7 cm³/mol.